The number of amides is 2. The van der Waals surface area contributed by atoms with Gasteiger partial charge in [-0.2, -0.15) is 0 Å². The van der Waals surface area contributed by atoms with Crippen molar-refractivity contribution in [2.45, 2.75) is 57.7 Å². The number of carbonyl (C=O) groups is 2. The molecule has 1 fully saturated rings. The van der Waals surface area contributed by atoms with Gasteiger partial charge in [0.1, 0.15) is 11.8 Å². The Hall–Kier alpha value is -1.51. The Balaban J connectivity index is 1.72. The number of carbonyl (C=O) groups excluding carboxylic acids is 2. The van der Waals surface area contributed by atoms with E-state index in [2.05, 4.69) is 27.9 Å². The number of nitrogens with one attached hydrogen (secondary N) is 1. The quantitative estimate of drug-likeness (QED) is 0.394. The van der Waals surface area contributed by atoms with Crippen molar-refractivity contribution in [1.82, 2.24) is 10.2 Å². The van der Waals surface area contributed by atoms with Gasteiger partial charge in [0.2, 0.25) is 5.91 Å². The Bertz CT molecular complexity index is 933. The lowest BCUT2D eigenvalue weighted by Gasteiger charge is -2.31. The SMILES string of the molecule is C[C@H](C(=O)NC1CCCCC1)N(Cc1ccc(Cl)c(Cl)c1)C(=O)COc1ccc(I)cc1. The first-order valence-corrected chi connectivity index (χ1v) is 12.6. The van der Waals surface area contributed by atoms with E-state index in [-0.39, 0.29) is 31.0 Å². The van der Waals surface area contributed by atoms with Crippen LogP contribution in [-0.4, -0.2) is 35.4 Å². The zero-order valence-electron chi connectivity index (χ0n) is 18.0. The second-order valence-corrected chi connectivity index (χ2v) is 10.1. The van der Waals surface area contributed by atoms with Crippen molar-refractivity contribution in [3.05, 3.63) is 61.6 Å². The topological polar surface area (TPSA) is 58.6 Å². The van der Waals surface area contributed by atoms with E-state index in [1.54, 1.807) is 25.1 Å². The third-order valence-electron chi connectivity index (χ3n) is 5.63. The summed E-state index contributed by atoms with van der Waals surface area (Å²) in [5, 5.41) is 3.97. The van der Waals surface area contributed by atoms with Crippen molar-refractivity contribution in [3.63, 3.8) is 0 Å². The summed E-state index contributed by atoms with van der Waals surface area (Å²) in [5.74, 6) is 0.174. The Kier molecular flexibility index (Phi) is 9.49. The number of nitrogens with zero attached hydrogens (tertiary/aromatic N) is 1. The fourth-order valence-corrected chi connectivity index (χ4v) is 4.43. The maximum atomic E-state index is 13.1. The predicted octanol–water partition coefficient (Wildman–Crippen LogP) is 5.84. The van der Waals surface area contributed by atoms with Gasteiger partial charge in [-0.1, -0.05) is 48.5 Å². The van der Waals surface area contributed by atoms with Crippen LogP contribution in [0.4, 0.5) is 0 Å². The molecule has 0 bridgehead atoms. The van der Waals surface area contributed by atoms with Crippen molar-refractivity contribution in [1.29, 1.82) is 0 Å². The number of rotatable bonds is 8. The van der Waals surface area contributed by atoms with Gasteiger partial charge in [0.25, 0.3) is 5.91 Å². The third kappa shape index (κ3) is 7.25. The molecule has 1 aliphatic rings. The highest BCUT2D eigenvalue weighted by Crippen LogP contribution is 2.24. The summed E-state index contributed by atoms with van der Waals surface area (Å²) < 4.78 is 6.77. The summed E-state index contributed by atoms with van der Waals surface area (Å²) in [6.07, 6.45) is 5.41. The van der Waals surface area contributed by atoms with Crippen molar-refractivity contribution in [2.75, 3.05) is 6.61 Å². The van der Waals surface area contributed by atoms with Gasteiger partial charge in [0.05, 0.1) is 10.0 Å². The van der Waals surface area contributed by atoms with Crippen LogP contribution in [0.5, 0.6) is 5.75 Å². The molecule has 1 N–H and O–H groups in total. The smallest absolute Gasteiger partial charge is 0.261 e. The fraction of sp³-hybridized carbons (Fsp3) is 0.417. The molecule has 2 aromatic carbocycles. The van der Waals surface area contributed by atoms with Crippen LogP contribution in [0.15, 0.2) is 42.5 Å². The van der Waals surface area contributed by atoms with Crippen LogP contribution in [0.2, 0.25) is 10.0 Å². The average Bonchev–Trinajstić information content (AvgIpc) is 2.79. The van der Waals surface area contributed by atoms with E-state index in [9.17, 15) is 9.59 Å². The first kappa shape index (κ1) is 25.1. The van der Waals surface area contributed by atoms with Crippen LogP contribution in [-0.2, 0) is 16.1 Å². The summed E-state index contributed by atoms with van der Waals surface area (Å²) in [6, 6.07) is 12.2. The molecule has 0 aliphatic heterocycles. The zero-order valence-corrected chi connectivity index (χ0v) is 21.6. The van der Waals surface area contributed by atoms with Gasteiger partial charge in [-0.25, -0.2) is 0 Å². The molecular weight excluding hydrogens is 562 g/mol. The van der Waals surface area contributed by atoms with Crippen LogP contribution >= 0.6 is 45.8 Å². The monoisotopic (exact) mass is 588 g/mol. The van der Waals surface area contributed by atoms with Crippen LogP contribution in [0.3, 0.4) is 0 Å². The molecule has 5 nitrogen and oxygen atoms in total. The van der Waals surface area contributed by atoms with Crippen molar-refractivity contribution >= 4 is 57.6 Å². The molecule has 0 spiro atoms. The van der Waals surface area contributed by atoms with Gasteiger partial charge in [-0.05, 0) is 84.3 Å². The van der Waals surface area contributed by atoms with Gasteiger partial charge >= 0.3 is 0 Å². The highest BCUT2D eigenvalue weighted by atomic mass is 127. The number of ether oxygens (including phenoxy) is 1. The fourth-order valence-electron chi connectivity index (χ4n) is 3.74. The molecule has 1 atom stereocenters. The van der Waals surface area contributed by atoms with Crippen LogP contribution in [0.1, 0.15) is 44.6 Å². The Labute approximate surface area is 212 Å². The molecule has 172 valence electrons. The van der Waals surface area contributed by atoms with E-state index in [4.69, 9.17) is 27.9 Å². The van der Waals surface area contributed by atoms with Crippen molar-refractivity contribution in [2.24, 2.45) is 0 Å². The number of hydrogen-bond acceptors (Lipinski definition) is 3. The molecule has 1 saturated carbocycles. The van der Waals surface area contributed by atoms with Crippen LogP contribution in [0.25, 0.3) is 0 Å². The third-order valence-corrected chi connectivity index (χ3v) is 7.09. The van der Waals surface area contributed by atoms with E-state index in [0.29, 0.717) is 15.8 Å². The minimum atomic E-state index is -0.654. The van der Waals surface area contributed by atoms with E-state index < -0.39 is 6.04 Å². The molecule has 1 aliphatic carbocycles. The lowest BCUT2D eigenvalue weighted by atomic mass is 9.95. The largest absolute Gasteiger partial charge is 0.484 e. The van der Waals surface area contributed by atoms with Crippen LogP contribution in [0, 0.1) is 3.57 Å². The summed E-state index contributed by atoms with van der Waals surface area (Å²) in [7, 11) is 0. The highest BCUT2D eigenvalue weighted by molar-refractivity contribution is 14.1. The molecule has 2 amide bonds. The minimum absolute atomic E-state index is 0.153. The van der Waals surface area contributed by atoms with Gasteiger partial charge < -0.3 is 15.0 Å². The molecule has 0 aromatic heterocycles. The summed E-state index contributed by atoms with van der Waals surface area (Å²) in [6.45, 7) is 1.81. The van der Waals surface area contributed by atoms with E-state index >= 15 is 0 Å². The summed E-state index contributed by atoms with van der Waals surface area (Å²) in [5.41, 5.74) is 0.791. The Morgan fingerprint density at radius 3 is 2.44 bits per heavy atom. The first-order chi connectivity index (χ1) is 15.3. The lowest BCUT2D eigenvalue weighted by molar-refractivity contribution is -0.142. The highest BCUT2D eigenvalue weighted by Gasteiger charge is 2.28. The number of halogens is 3. The lowest BCUT2D eigenvalue weighted by Crippen LogP contribution is -2.51. The molecule has 0 saturated heterocycles. The average molecular weight is 589 g/mol. The molecule has 0 radical (unpaired) electrons. The van der Waals surface area contributed by atoms with Crippen molar-refractivity contribution in [3.8, 4) is 5.75 Å². The second kappa shape index (κ2) is 12.1. The Morgan fingerprint density at radius 1 is 1.09 bits per heavy atom. The molecule has 0 heterocycles. The second-order valence-electron chi connectivity index (χ2n) is 8.03. The maximum absolute atomic E-state index is 13.1. The normalized spacial score (nSPS) is 15.1. The molecular formula is C24H27Cl2IN2O3. The van der Waals surface area contributed by atoms with E-state index in [1.807, 2.05) is 24.3 Å². The van der Waals surface area contributed by atoms with E-state index in [0.717, 1.165) is 34.8 Å². The minimum Gasteiger partial charge on any atom is -0.484 e. The van der Waals surface area contributed by atoms with Gasteiger partial charge in [-0.15, -0.1) is 0 Å². The van der Waals surface area contributed by atoms with Crippen molar-refractivity contribution < 1.29 is 14.3 Å². The number of hydrogen-bond donors (Lipinski definition) is 1. The summed E-state index contributed by atoms with van der Waals surface area (Å²) >= 11 is 14.4. The molecule has 2 aromatic rings. The Morgan fingerprint density at radius 2 is 1.78 bits per heavy atom. The summed E-state index contributed by atoms with van der Waals surface area (Å²) in [4.78, 5) is 27.7. The van der Waals surface area contributed by atoms with Crippen LogP contribution < -0.4 is 10.1 Å². The molecule has 8 heteroatoms. The standard InChI is InChI=1S/C24H27Cl2IN2O3/c1-16(24(31)28-19-5-3-2-4-6-19)29(14-17-7-12-21(25)22(26)13-17)23(30)15-32-20-10-8-18(27)9-11-20/h7-13,16,19H,2-6,14-15H2,1H3,(H,28,31)/t16-/m1/s1. The van der Waals surface area contributed by atoms with Gasteiger partial charge in [0.15, 0.2) is 6.61 Å². The van der Waals surface area contributed by atoms with Gasteiger partial charge in [0, 0.05) is 16.2 Å². The maximum Gasteiger partial charge on any atom is 0.261 e. The zero-order chi connectivity index (χ0) is 23.1. The van der Waals surface area contributed by atoms with E-state index in [1.165, 1.54) is 11.3 Å². The molecule has 32 heavy (non-hydrogen) atoms. The molecule has 0 unspecified atom stereocenters. The molecule has 3 rings (SSSR count). The predicted molar refractivity (Wildman–Crippen MR) is 136 cm³/mol. The van der Waals surface area contributed by atoms with Gasteiger partial charge in [-0.3, -0.25) is 9.59 Å². The number of benzene rings is 2. The first-order valence-electron chi connectivity index (χ1n) is 10.8.